The number of carboxylic acids is 1. The van der Waals surface area contributed by atoms with Gasteiger partial charge in [0.25, 0.3) is 0 Å². The molecule has 4 heteroatoms. The summed E-state index contributed by atoms with van der Waals surface area (Å²) < 4.78 is 6.96. The van der Waals surface area contributed by atoms with Crippen LogP contribution in [-0.2, 0) is 11.2 Å². The maximum Gasteiger partial charge on any atom is 0.320 e. The maximum atomic E-state index is 10.8. The zero-order chi connectivity index (χ0) is 11.5. The van der Waals surface area contributed by atoms with E-state index >= 15 is 0 Å². The smallest absolute Gasteiger partial charge is 0.320 e. The summed E-state index contributed by atoms with van der Waals surface area (Å²) in [7, 11) is 0. The third-order valence-electron chi connectivity index (χ3n) is 2.40. The average Bonchev–Trinajstić information content (AvgIpc) is 2.69. The first-order valence-electron chi connectivity index (χ1n) is 5.17. The van der Waals surface area contributed by atoms with Gasteiger partial charge in [-0.2, -0.15) is 0 Å². The zero-order valence-corrected chi connectivity index (χ0v) is 8.03. The number of hydrogen-bond acceptors (Lipinski definition) is 2. The Bertz CT molecular complexity index is 509. The third-order valence-corrected chi connectivity index (χ3v) is 2.40. The molecule has 0 fully saturated rings. The van der Waals surface area contributed by atoms with Crippen LogP contribution in [0.2, 0.25) is 1.41 Å². The van der Waals surface area contributed by atoms with Gasteiger partial charge in [-0.1, -0.05) is 18.2 Å². The van der Waals surface area contributed by atoms with E-state index < -0.39 is 12.0 Å². The van der Waals surface area contributed by atoms with Gasteiger partial charge in [-0.05, 0) is 11.6 Å². The van der Waals surface area contributed by atoms with E-state index in [1.807, 2.05) is 30.0 Å². The molecule has 0 unspecified atom stereocenters. The number of carboxylic acid groups (broad SMARTS) is 1. The molecule has 0 aliphatic carbocycles. The molecule has 0 bridgehead atoms. The van der Waals surface area contributed by atoms with Crippen LogP contribution in [0.15, 0.2) is 30.5 Å². The lowest BCUT2D eigenvalue weighted by Crippen LogP contribution is -2.32. The predicted molar refractivity (Wildman–Crippen MR) is 57.6 cm³/mol. The minimum Gasteiger partial charge on any atom is -0.480 e. The van der Waals surface area contributed by atoms with Gasteiger partial charge in [-0.3, -0.25) is 4.79 Å². The fourth-order valence-electron chi connectivity index (χ4n) is 1.61. The number of benzene rings is 1. The Morgan fingerprint density at radius 3 is 3.13 bits per heavy atom. The molecule has 78 valence electrons. The van der Waals surface area contributed by atoms with Crippen molar-refractivity contribution < 1.29 is 11.3 Å². The molecule has 4 nitrogen and oxygen atoms in total. The number of aromatic nitrogens is 1. The second-order valence-electron chi connectivity index (χ2n) is 3.45. The number of carbonyl (C=O) groups is 1. The fourth-order valence-corrected chi connectivity index (χ4v) is 1.61. The standard InChI is InChI=1S/C11H12N2O2/c12-9(11(14)15)5-7-6-13-10-4-2-1-3-8(7)10/h1-4,6,9,13H,5,12H2,(H,14,15)/t9-/m0/s1/i/hD. The number of para-hydroxylation sites is 1. The number of aromatic amines is 1. The van der Waals surface area contributed by atoms with E-state index in [-0.39, 0.29) is 0 Å². The molecule has 0 aliphatic rings. The quantitative estimate of drug-likeness (QED) is 0.699. The van der Waals surface area contributed by atoms with Crippen LogP contribution in [0, 0.1) is 0 Å². The van der Waals surface area contributed by atoms with Gasteiger partial charge in [0.15, 0.2) is 0 Å². The lowest BCUT2D eigenvalue weighted by molar-refractivity contribution is -0.138. The topological polar surface area (TPSA) is 79.1 Å². The summed E-state index contributed by atoms with van der Waals surface area (Å²) in [5.41, 5.74) is 3.92. The van der Waals surface area contributed by atoms with Gasteiger partial charge in [0.1, 0.15) is 7.45 Å². The van der Waals surface area contributed by atoms with Gasteiger partial charge < -0.3 is 15.8 Å². The Balaban J connectivity index is 2.30. The highest BCUT2D eigenvalue weighted by Gasteiger charge is 2.14. The number of fused-ring (bicyclic) bond motifs is 1. The van der Waals surface area contributed by atoms with E-state index in [9.17, 15) is 4.79 Å². The molecule has 0 amide bonds. The Hall–Kier alpha value is -1.81. The Kier molecular flexibility index (Phi) is 2.12. The molecule has 4 N–H and O–H groups in total. The summed E-state index contributed by atoms with van der Waals surface area (Å²) in [6.45, 7) is 0. The Morgan fingerprint density at radius 2 is 2.40 bits per heavy atom. The number of H-pyrrole nitrogens is 1. The molecular weight excluding hydrogens is 192 g/mol. The van der Waals surface area contributed by atoms with Crippen molar-refractivity contribution in [3.63, 3.8) is 0 Å². The van der Waals surface area contributed by atoms with E-state index in [1.54, 1.807) is 6.20 Å². The molecular formula is C11H12N2O2. The first kappa shape index (κ1) is 8.49. The van der Waals surface area contributed by atoms with Crippen LogP contribution in [0.25, 0.3) is 10.9 Å². The number of nitrogens with one attached hydrogen (secondary N) is 1. The summed E-state index contributed by atoms with van der Waals surface area (Å²) in [6, 6.07) is 6.82. The van der Waals surface area contributed by atoms with Crippen molar-refractivity contribution in [1.29, 1.82) is 0 Å². The molecule has 1 atom stereocenters. The van der Waals surface area contributed by atoms with E-state index in [1.165, 1.54) is 0 Å². The van der Waals surface area contributed by atoms with E-state index in [2.05, 4.69) is 4.98 Å². The van der Waals surface area contributed by atoms with Gasteiger partial charge >= 0.3 is 5.97 Å². The van der Waals surface area contributed by atoms with E-state index in [0.29, 0.717) is 6.42 Å². The highest BCUT2D eigenvalue weighted by Crippen LogP contribution is 2.18. The van der Waals surface area contributed by atoms with Gasteiger partial charge in [0.2, 0.25) is 0 Å². The summed E-state index contributed by atoms with van der Waals surface area (Å²) in [5, 5.41) is 9.86. The molecule has 0 saturated carbocycles. The third kappa shape index (κ3) is 1.85. The van der Waals surface area contributed by atoms with Crippen LogP contribution in [0.5, 0.6) is 0 Å². The Labute approximate surface area is 88.2 Å². The van der Waals surface area contributed by atoms with Crippen LogP contribution < -0.4 is 5.73 Å². The zero-order valence-electron chi connectivity index (χ0n) is 9.03. The van der Waals surface area contributed by atoms with Crippen LogP contribution in [-0.4, -0.2) is 22.1 Å². The van der Waals surface area contributed by atoms with Crippen molar-refractivity contribution in [1.82, 2.24) is 4.98 Å². The first-order valence-corrected chi connectivity index (χ1v) is 4.67. The average molecular weight is 205 g/mol. The van der Waals surface area contributed by atoms with Crippen molar-refractivity contribution in [3.8, 4) is 0 Å². The predicted octanol–water partition coefficient (Wildman–Crippen LogP) is 1.12. The largest absolute Gasteiger partial charge is 0.480 e. The molecule has 1 aromatic carbocycles. The maximum absolute atomic E-state index is 10.8. The molecule has 1 heterocycles. The summed E-state index contributed by atoms with van der Waals surface area (Å²) in [4.78, 5) is 13.9. The number of nitrogens with two attached hydrogens (primary N) is 1. The number of rotatable bonds is 4. The van der Waals surface area contributed by atoms with Crippen LogP contribution in [0.1, 0.15) is 5.56 Å². The Morgan fingerprint density at radius 1 is 1.60 bits per heavy atom. The lowest BCUT2D eigenvalue weighted by atomic mass is 10.1. The van der Waals surface area contributed by atoms with Crippen LogP contribution in [0.3, 0.4) is 0 Å². The monoisotopic (exact) mass is 205 g/mol. The van der Waals surface area contributed by atoms with Crippen molar-refractivity contribution >= 4 is 16.9 Å². The van der Waals surface area contributed by atoms with Crippen LogP contribution in [0.4, 0.5) is 0 Å². The second-order valence-corrected chi connectivity index (χ2v) is 3.45. The lowest BCUT2D eigenvalue weighted by Gasteiger charge is -2.04. The molecule has 0 spiro atoms. The van der Waals surface area contributed by atoms with Crippen molar-refractivity contribution in [2.75, 3.05) is 0 Å². The fraction of sp³-hybridized carbons (Fsp3) is 0.182. The summed E-state index contributed by atoms with van der Waals surface area (Å²) in [6.07, 6.45) is 2.08. The number of hydrogen-bond donors (Lipinski definition) is 3. The highest BCUT2D eigenvalue weighted by molar-refractivity contribution is 5.84. The number of aliphatic carboxylic acids is 1. The van der Waals surface area contributed by atoms with Gasteiger partial charge in [-0.25, -0.2) is 0 Å². The van der Waals surface area contributed by atoms with Gasteiger partial charge in [-0.15, -0.1) is 0 Å². The normalized spacial score (nSPS) is 13.7. The van der Waals surface area contributed by atoms with Crippen molar-refractivity contribution in [2.24, 2.45) is 5.73 Å². The molecule has 2 rings (SSSR count). The molecule has 1 aromatic heterocycles. The highest BCUT2D eigenvalue weighted by atomic mass is 16.4. The van der Waals surface area contributed by atoms with Crippen LogP contribution >= 0.6 is 0 Å². The molecule has 2 aromatic rings. The minimum atomic E-state index is -1.01. The SMILES string of the molecule is [2H]N[C@@H](Cc1c[nH]c2ccccc12)C(=O)O. The summed E-state index contributed by atoms with van der Waals surface area (Å²) >= 11 is 0. The molecule has 0 radical (unpaired) electrons. The minimum absolute atomic E-state index is 0.294. The van der Waals surface area contributed by atoms with E-state index in [4.69, 9.17) is 6.52 Å². The molecule has 0 saturated heterocycles. The van der Waals surface area contributed by atoms with Crippen molar-refractivity contribution in [3.05, 3.63) is 36.0 Å². The van der Waals surface area contributed by atoms with Gasteiger partial charge in [0.05, 0.1) is 0 Å². The van der Waals surface area contributed by atoms with Crippen molar-refractivity contribution in [2.45, 2.75) is 12.5 Å². The van der Waals surface area contributed by atoms with Gasteiger partial charge in [0, 0.05) is 23.5 Å². The van der Waals surface area contributed by atoms with E-state index in [0.717, 1.165) is 16.5 Å². The molecule has 15 heavy (non-hydrogen) atoms. The first-order chi connectivity index (χ1) is 7.72. The second kappa shape index (κ2) is 3.74. The summed E-state index contributed by atoms with van der Waals surface area (Å²) in [5.74, 6) is -1.01. The molecule has 0 aliphatic heterocycles.